The second-order valence-electron chi connectivity index (χ2n) is 22.0. The molecule has 8 aromatic carbocycles. The predicted molar refractivity (Wildman–Crippen MR) is 283 cm³/mol. The Morgan fingerprint density at radius 1 is 0.448 bits per heavy atom. The Labute approximate surface area is 395 Å². The molecule has 4 saturated carbocycles. The van der Waals surface area contributed by atoms with Crippen molar-refractivity contribution in [2.45, 2.75) is 101 Å². The zero-order chi connectivity index (χ0) is 43.8. The lowest BCUT2D eigenvalue weighted by Crippen LogP contribution is -2.61. The summed E-state index contributed by atoms with van der Waals surface area (Å²) in [5.74, 6) is 1.74. The topological polar surface area (TPSA) is 8.17 Å². The van der Waals surface area contributed by atoms with Gasteiger partial charge >= 0.3 is 6.85 Å². The molecule has 4 bridgehead atoms. The molecule has 2 nitrogen and oxygen atoms in total. The van der Waals surface area contributed by atoms with Crippen LogP contribution in [-0.4, -0.2) is 11.4 Å². The molecule has 4 aliphatic carbocycles. The summed E-state index contributed by atoms with van der Waals surface area (Å²) in [5, 5.41) is 5.52. The third-order valence-corrected chi connectivity index (χ3v) is 18.5. The number of fused-ring (bicyclic) bond motifs is 12. The van der Waals surface area contributed by atoms with Crippen LogP contribution in [0, 0.1) is 11.8 Å². The smallest absolute Gasteiger partial charge is 0.333 e. The lowest BCUT2D eigenvalue weighted by molar-refractivity contribution is 0.149. The maximum Gasteiger partial charge on any atom is 0.333 e. The van der Waals surface area contributed by atoms with Gasteiger partial charge in [0.15, 0.2) is 0 Å². The van der Waals surface area contributed by atoms with Crippen molar-refractivity contribution < 1.29 is 0 Å². The van der Waals surface area contributed by atoms with Crippen molar-refractivity contribution in [3.8, 4) is 39.1 Å². The molecular weight excluding hydrogens is 808 g/mol. The van der Waals surface area contributed by atoms with Gasteiger partial charge in [0.25, 0.3) is 0 Å². The molecule has 326 valence electrons. The van der Waals surface area contributed by atoms with Crippen LogP contribution < -0.4 is 15.7 Å². The van der Waals surface area contributed by atoms with Gasteiger partial charge in [-0.05, 0) is 176 Å². The molecule has 15 rings (SSSR count). The van der Waals surface area contributed by atoms with Crippen molar-refractivity contribution in [1.82, 2.24) is 4.57 Å². The number of anilines is 2. The molecule has 9 aromatic rings. The zero-order valence-electron chi connectivity index (χ0n) is 38.6. The van der Waals surface area contributed by atoms with Crippen LogP contribution in [0.3, 0.4) is 0 Å². The third kappa shape index (κ3) is 5.76. The highest BCUT2D eigenvalue weighted by atomic mass is 15.1. The van der Waals surface area contributed by atoms with Crippen LogP contribution in [0.25, 0.3) is 71.6 Å². The first-order valence-electron chi connectivity index (χ1n) is 25.9. The van der Waals surface area contributed by atoms with E-state index >= 15 is 0 Å². The van der Waals surface area contributed by atoms with Gasteiger partial charge in [0.05, 0.1) is 11.0 Å². The van der Waals surface area contributed by atoms with Crippen LogP contribution in [0.2, 0.25) is 0 Å². The van der Waals surface area contributed by atoms with E-state index in [1.165, 1.54) is 184 Å². The van der Waals surface area contributed by atoms with Gasteiger partial charge in [-0.15, -0.1) is 0 Å². The van der Waals surface area contributed by atoms with Gasteiger partial charge in [0.1, 0.15) is 0 Å². The average Bonchev–Trinajstić information content (AvgIpc) is 3.72. The second-order valence-corrected chi connectivity index (χ2v) is 22.0. The highest BCUT2D eigenvalue weighted by molar-refractivity contribution is 6.93. The summed E-state index contributed by atoms with van der Waals surface area (Å²) in [7, 11) is 0. The largest absolute Gasteiger partial charge is 0.376 e. The number of aromatic nitrogens is 1. The van der Waals surface area contributed by atoms with Crippen LogP contribution >= 0.6 is 0 Å². The van der Waals surface area contributed by atoms with Crippen molar-refractivity contribution in [1.29, 1.82) is 0 Å². The van der Waals surface area contributed by atoms with Crippen molar-refractivity contribution in [2.24, 2.45) is 11.8 Å². The minimum absolute atomic E-state index is 0.0137. The summed E-state index contributed by atoms with van der Waals surface area (Å²) < 4.78 is 2.75. The highest BCUT2D eigenvalue weighted by Crippen LogP contribution is 2.55. The Morgan fingerprint density at radius 2 is 1.03 bits per heavy atom. The molecule has 0 amide bonds. The van der Waals surface area contributed by atoms with E-state index in [2.05, 4.69) is 173 Å². The maximum absolute atomic E-state index is 2.78. The molecule has 1 aromatic heterocycles. The molecule has 2 aliphatic heterocycles. The van der Waals surface area contributed by atoms with E-state index in [0.29, 0.717) is 5.41 Å². The molecule has 0 N–H and O–H groups in total. The Kier molecular flexibility index (Phi) is 8.44. The molecule has 0 atom stereocenters. The van der Waals surface area contributed by atoms with Gasteiger partial charge < -0.3 is 9.38 Å². The predicted octanol–water partition coefficient (Wildman–Crippen LogP) is 15.7. The Bertz CT molecular complexity index is 3430. The summed E-state index contributed by atoms with van der Waals surface area (Å²) in [6.45, 7) is -0.0137. The van der Waals surface area contributed by atoms with Crippen LogP contribution in [0.5, 0.6) is 0 Å². The lowest BCUT2D eigenvalue weighted by atomic mass is 9.43. The maximum atomic E-state index is 2.78. The van der Waals surface area contributed by atoms with E-state index in [4.69, 9.17) is 0 Å². The normalized spacial score (nSPS) is 23.6. The Hall–Kier alpha value is -6.32. The number of benzene rings is 8. The Balaban J connectivity index is 1.06. The average molecular weight is 865 g/mol. The number of rotatable bonds is 5. The summed E-state index contributed by atoms with van der Waals surface area (Å²) >= 11 is 0. The molecule has 0 radical (unpaired) electrons. The molecule has 67 heavy (non-hydrogen) atoms. The van der Waals surface area contributed by atoms with Crippen LogP contribution in [0.1, 0.15) is 101 Å². The van der Waals surface area contributed by atoms with Gasteiger partial charge in [0.2, 0.25) is 0 Å². The summed E-state index contributed by atoms with van der Waals surface area (Å²) in [4.78, 5) is 2.76. The minimum atomic E-state index is -0.0137. The Morgan fingerprint density at radius 3 is 1.70 bits per heavy atom. The molecule has 0 spiro atoms. The zero-order valence-corrected chi connectivity index (χ0v) is 38.6. The molecule has 6 aliphatic rings. The summed E-state index contributed by atoms with van der Waals surface area (Å²) in [6, 6.07) is 64.2. The number of hydrogen-bond acceptors (Lipinski definition) is 1. The van der Waals surface area contributed by atoms with Crippen LogP contribution in [0.4, 0.5) is 11.4 Å². The fraction of sp³-hybridized carbons (Fsp3) is 0.281. The molecule has 3 heteroatoms. The number of hydrogen-bond donors (Lipinski definition) is 0. The van der Waals surface area contributed by atoms with E-state index in [1.807, 2.05) is 0 Å². The first-order valence-corrected chi connectivity index (χ1v) is 25.9. The number of nitrogens with zero attached hydrogens (tertiary/aromatic N) is 2. The van der Waals surface area contributed by atoms with Crippen molar-refractivity contribution in [3.05, 3.63) is 175 Å². The fourth-order valence-corrected chi connectivity index (χ4v) is 15.5. The van der Waals surface area contributed by atoms with Gasteiger partial charge in [-0.25, -0.2) is 0 Å². The monoisotopic (exact) mass is 864 g/mol. The van der Waals surface area contributed by atoms with Crippen LogP contribution in [0.15, 0.2) is 164 Å². The standard InChI is InChI=1S/C64H57BN2/c1-3-17-44(18-4-1)46-23-26-52(27-24-46)67-59-35-48-22-8-7-21-47(48)33-53(59)55-34-49(45-19-5-2-6-20-45)36-60-61(55)65(67)57-39-51(64-31-11-15-43(41-64)16-12-32-64)38-56-54-37-50(25-28-58(54)66(60)62(56)57)63-29-9-13-42(40-63)14-10-30-63/h1-8,17-28,33-39,42-43H,9-16,29-32,40-41H2. The second kappa shape index (κ2) is 14.6. The van der Waals surface area contributed by atoms with Crippen molar-refractivity contribution in [3.63, 3.8) is 0 Å². The first-order chi connectivity index (χ1) is 33.1. The minimum Gasteiger partial charge on any atom is -0.376 e. The first kappa shape index (κ1) is 38.8. The highest BCUT2D eigenvalue weighted by Gasteiger charge is 2.48. The molecular formula is C64H57BN2. The summed E-state index contributed by atoms with van der Waals surface area (Å²) in [5.41, 5.74) is 21.1. The molecule has 3 heterocycles. The van der Waals surface area contributed by atoms with Gasteiger partial charge in [-0.1, -0.05) is 161 Å². The van der Waals surface area contributed by atoms with Crippen LogP contribution in [-0.2, 0) is 10.8 Å². The van der Waals surface area contributed by atoms with Crippen molar-refractivity contribution in [2.75, 3.05) is 4.81 Å². The van der Waals surface area contributed by atoms with Gasteiger partial charge in [-0.2, -0.15) is 0 Å². The third-order valence-electron chi connectivity index (χ3n) is 18.5. The van der Waals surface area contributed by atoms with E-state index in [-0.39, 0.29) is 12.3 Å². The lowest BCUT2D eigenvalue weighted by Gasteiger charge is -2.47. The van der Waals surface area contributed by atoms with Crippen molar-refractivity contribution >= 4 is 61.7 Å². The quantitative estimate of drug-likeness (QED) is 0.157. The fourth-order valence-electron chi connectivity index (χ4n) is 15.5. The summed E-state index contributed by atoms with van der Waals surface area (Å²) in [6.07, 6.45) is 19.1. The van der Waals surface area contributed by atoms with Gasteiger partial charge in [0, 0.05) is 33.4 Å². The van der Waals surface area contributed by atoms with E-state index in [9.17, 15) is 0 Å². The van der Waals surface area contributed by atoms with E-state index in [0.717, 1.165) is 11.8 Å². The van der Waals surface area contributed by atoms with E-state index < -0.39 is 0 Å². The van der Waals surface area contributed by atoms with E-state index in [1.54, 1.807) is 11.1 Å². The molecule has 4 fully saturated rings. The molecule has 0 saturated heterocycles. The SMILES string of the molecule is c1ccc(-c2ccc(N3B4c5c(cc(-c6ccccc6)cc5-n5c6ccc(C78CCCC(CCC7)C8)cc6c6cc(C78CCCC(CCC7)C8)cc4c65)-c4cc5ccccc5cc43)cc2)cc1. The van der Waals surface area contributed by atoms with Gasteiger partial charge in [-0.3, -0.25) is 0 Å². The molecule has 0 unspecified atom stereocenters.